The Hall–Kier alpha value is -1.84. The van der Waals surface area contributed by atoms with Gasteiger partial charge >= 0.3 is 0 Å². The number of rotatable bonds is 1. The molecular weight excluding hydrogens is 166 g/mol. The van der Waals surface area contributed by atoms with Gasteiger partial charge in [0.2, 0.25) is 0 Å². The molecule has 0 bridgehead atoms. The van der Waals surface area contributed by atoms with Gasteiger partial charge in [-0.25, -0.2) is 9.67 Å². The van der Waals surface area contributed by atoms with E-state index in [9.17, 15) is 5.11 Å². The number of phenolic OH excluding ortho intramolecular Hbond substituents is 1. The average molecular weight is 175 g/mol. The van der Waals surface area contributed by atoms with Crippen LogP contribution in [0.3, 0.4) is 0 Å². The molecule has 1 N–H and O–H groups in total. The molecule has 0 saturated heterocycles. The van der Waals surface area contributed by atoms with Crippen LogP contribution in [0, 0.1) is 6.92 Å². The van der Waals surface area contributed by atoms with E-state index in [1.807, 2.05) is 13.0 Å². The molecule has 4 nitrogen and oxygen atoms in total. The summed E-state index contributed by atoms with van der Waals surface area (Å²) in [5.41, 5.74) is 1.72. The van der Waals surface area contributed by atoms with Gasteiger partial charge in [0.25, 0.3) is 0 Å². The molecule has 2 aromatic rings. The van der Waals surface area contributed by atoms with E-state index in [-0.39, 0.29) is 0 Å². The fraction of sp³-hybridized carbons (Fsp3) is 0.111. The van der Waals surface area contributed by atoms with Crippen molar-refractivity contribution in [3.8, 4) is 11.4 Å². The second-order valence-corrected chi connectivity index (χ2v) is 2.81. The summed E-state index contributed by atoms with van der Waals surface area (Å²) >= 11 is 0. The Morgan fingerprint density at radius 2 is 2.23 bits per heavy atom. The quantitative estimate of drug-likeness (QED) is 0.710. The Labute approximate surface area is 75.5 Å². The summed E-state index contributed by atoms with van der Waals surface area (Å²) in [4.78, 5) is 3.84. The highest BCUT2D eigenvalue weighted by Gasteiger charge is 1.99. The number of hydrogen-bond acceptors (Lipinski definition) is 3. The lowest BCUT2D eigenvalue weighted by molar-refractivity contribution is 0.471. The molecule has 0 aliphatic heterocycles. The zero-order valence-corrected chi connectivity index (χ0v) is 7.18. The normalized spacial score (nSPS) is 10.2. The number of aromatic hydroxyl groups is 1. The van der Waals surface area contributed by atoms with Gasteiger partial charge in [-0.05, 0) is 30.7 Å². The van der Waals surface area contributed by atoms with E-state index in [0.29, 0.717) is 5.75 Å². The lowest BCUT2D eigenvalue weighted by Crippen LogP contribution is -1.94. The second-order valence-electron chi connectivity index (χ2n) is 2.81. The summed E-state index contributed by atoms with van der Waals surface area (Å²) < 4.78 is 1.65. The highest BCUT2D eigenvalue weighted by atomic mass is 16.3. The van der Waals surface area contributed by atoms with Crippen LogP contribution in [0.15, 0.2) is 30.9 Å². The van der Waals surface area contributed by atoms with E-state index in [0.717, 1.165) is 11.3 Å². The number of aryl methyl sites for hydroxylation is 1. The lowest BCUT2D eigenvalue weighted by Gasteiger charge is -2.02. The van der Waals surface area contributed by atoms with Crippen molar-refractivity contribution in [3.63, 3.8) is 0 Å². The van der Waals surface area contributed by atoms with Crippen molar-refractivity contribution < 1.29 is 5.11 Å². The van der Waals surface area contributed by atoms with E-state index in [2.05, 4.69) is 10.1 Å². The van der Waals surface area contributed by atoms with Crippen LogP contribution in [0.1, 0.15) is 5.56 Å². The van der Waals surface area contributed by atoms with Crippen LogP contribution in [0.4, 0.5) is 0 Å². The first-order valence-corrected chi connectivity index (χ1v) is 3.92. The van der Waals surface area contributed by atoms with Crippen LogP contribution in [0.2, 0.25) is 0 Å². The number of aromatic nitrogens is 3. The molecule has 1 heterocycles. The molecule has 0 aliphatic carbocycles. The molecule has 0 unspecified atom stereocenters. The van der Waals surface area contributed by atoms with Crippen LogP contribution in [-0.4, -0.2) is 19.9 Å². The minimum Gasteiger partial charge on any atom is -0.508 e. The minimum absolute atomic E-state index is 0.295. The van der Waals surface area contributed by atoms with Crippen LogP contribution in [0.5, 0.6) is 5.75 Å². The van der Waals surface area contributed by atoms with Crippen molar-refractivity contribution in [2.45, 2.75) is 6.92 Å². The van der Waals surface area contributed by atoms with E-state index in [4.69, 9.17) is 0 Å². The van der Waals surface area contributed by atoms with Gasteiger partial charge in [0, 0.05) is 0 Å². The zero-order chi connectivity index (χ0) is 9.26. The van der Waals surface area contributed by atoms with E-state index in [1.54, 1.807) is 23.1 Å². The minimum atomic E-state index is 0.295. The van der Waals surface area contributed by atoms with Gasteiger partial charge in [-0.2, -0.15) is 5.10 Å². The maximum absolute atomic E-state index is 9.30. The average Bonchev–Trinajstić information content (AvgIpc) is 2.62. The van der Waals surface area contributed by atoms with Crippen LogP contribution in [0.25, 0.3) is 5.69 Å². The molecule has 0 aliphatic rings. The monoisotopic (exact) mass is 175 g/mol. The third-order valence-electron chi connectivity index (χ3n) is 1.86. The smallest absolute Gasteiger partial charge is 0.138 e. The fourth-order valence-corrected chi connectivity index (χ4v) is 1.12. The van der Waals surface area contributed by atoms with E-state index < -0.39 is 0 Å². The van der Waals surface area contributed by atoms with Crippen LogP contribution >= 0.6 is 0 Å². The topological polar surface area (TPSA) is 50.9 Å². The Morgan fingerprint density at radius 3 is 2.85 bits per heavy atom. The molecule has 66 valence electrons. The molecule has 0 amide bonds. The standard InChI is InChI=1S/C9H9N3O/c1-7-4-8(2-3-9(7)13)12-6-10-5-11-12/h2-6,13H,1H3. The summed E-state index contributed by atoms with van der Waals surface area (Å²) in [7, 11) is 0. The third-order valence-corrected chi connectivity index (χ3v) is 1.86. The molecule has 0 fully saturated rings. The third kappa shape index (κ3) is 1.38. The van der Waals surface area contributed by atoms with Crippen molar-refractivity contribution in [2.24, 2.45) is 0 Å². The number of phenols is 1. The van der Waals surface area contributed by atoms with Gasteiger partial charge in [-0.15, -0.1) is 0 Å². The highest BCUT2D eigenvalue weighted by molar-refractivity contribution is 5.41. The largest absolute Gasteiger partial charge is 0.508 e. The Morgan fingerprint density at radius 1 is 1.38 bits per heavy atom. The van der Waals surface area contributed by atoms with Crippen molar-refractivity contribution in [3.05, 3.63) is 36.4 Å². The maximum Gasteiger partial charge on any atom is 0.138 e. The summed E-state index contributed by atoms with van der Waals surface area (Å²) in [6, 6.07) is 5.29. The number of nitrogens with zero attached hydrogens (tertiary/aromatic N) is 3. The predicted molar refractivity (Wildman–Crippen MR) is 47.8 cm³/mol. The molecule has 0 radical (unpaired) electrons. The zero-order valence-electron chi connectivity index (χ0n) is 7.18. The Kier molecular flexibility index (Phi) is 1.73. The summed E-state index contributed by atoms with van der Waals surface area (Å²) in [5.74, 6) is 0.295. The number of hydrogen-bond donors (Lipinski definition) is 1. The Balaban J connectivity index is 2.49. The van der Waals surface area contributed by atoms with Gasteiger partial charge in [-0.3, -0.25) is 0 Å². The van der Waals surface area contributed by atoms with Crippen LogP contribution in [-0.2, 0) is 0 Å². The van der Waals surface area contributed by atoms with Crippen molar-refractivity contribution in [1.82, 2.24) is 14.8 Å². The molecular formula is C9H9N3O. The SMILES string of the molecule is Cc1cc(-n2cncn2)ccc1O. The summed E-state index contributed by atoms with van der Waals surface area (Å²) in [6.45, 7) is 1.84. The van der Waals surface area contributed by atoms with E-state index in [1.165, 1.54) is 6.33 Å². The lowest BCUT2D eigenvalue weighted by atomic mass is 10.2. The first-order valence-electron chi connectivity index (χ1n) is 3.92. The van der Waals surface area contributed by atoms with Gasteiger partial charge in [0.05, 0.1) is 5.69 Å². The highest BCUT2D eigenvalue weighted by Crippen LogP contribution is 2.18. The Bertz CT molecular complexity index is 409. The fourth-order valence-electron chi connectivity index (χ4n) is 1.12. The first kappa shape index (κ1) is 7.79. The van der Waals surface area contributed by atoms with Gasteiger partial charge in [0.1, 0.15) is 18.4 Å². The van der Waals surface area contributed by atoms with Gasteiger partial charge in [0.15, 0.2) is 0 Å². The van der Waals surface area contributed by atoms with Crippen molar-refractivity contribution in [1.29, 1.82) is 0 Å². The molecule has 4 heteroatoms. The second kappa shape index (κ2) is 2.90. The van der Waals surface area contributed by atoms with E-state index >= 15 is 0 Å². The molecule has 2 rings (SSSR count). The molecule has 0 spiro atoms. The number of benzene rings is 1. The van der Waals surface area contributed by atoms with Gasteiger partial charge in [-0.1, -0.05) is 0 Å². The van der Waals surface area contributed by atoms with Crippen molar-refractivity contribution in [2.75, 3.05) is 0 Å². The van der Waals surface area contributed by atoms with Crippen LogP contribution < -0.4 is 0 Å². The molecule has 1 aromatic carbocycles. The maximum atomic E-state index is 9.30. The summed E-state index contributed by atoms with van der Waals surface area (Å²) in [6.07, 6.45) is 3.09. The molecule has 0 atom stereocenters. The predicted octanol–water partition coefficient (Wildman–Crippen LogP) is 1.28. The molecule has 1 aromatic heterocycles. The van der Waals surface area contributed by atoms with Gasteiger partial charge < -0.3 is 5.11 Å². The molecule has 13 heavy (non-hydrogen) atoms. The molecule has 0 saturated carbocycles. The summed E-state index contributed by atoms with van der Waals surface area (Å²) in [5, 5.41) is 13.3. The first-order chi connectivity index (χ1) is 6.27. The van der Waals surface area contributed by atoms with Crippen molar-refractivity contribution >= 4 is 0 Å².